The van der Waals surface area contributed by atoms with E-state index in [0.717, 1.165) is 25.1 Å². The van der Waals surface area contributed by atoms with Gasteiger partial charge in [-0.15, -0.1) is 0 Å². The molecule has 4 nitrogen and oxygen atoms in total. The van der Waals surface area contributed by atoms with Crippen LogP contribution in [0.25, 0.3) is 0 Å². The molecule has 0 spiro atoms. The molecule has 19 heavy (non-hydrogen) atoms. The van der Waals surface area contributed by atoms with Crippen LogP contribution in [0.15, 0.2) is 18.5 Å². The van der Waals surface area contributed by atoms with Gasteiger partial charge in [0.2, 0.25) is 0 Å². The van der Waals surface area contributed by atoms with Crippen LogP contribution in [0.5, 0.6) is 0 Å². The molecule has 1 fully saturated rings. The van der Waals surface area contributed by atoms with Crippen LogP contribution >= 0.6 is 0 Å². The Bertz CT molecular complexity index is 412. The maximum Gasteiger partial charge on any atom is 0.255 e. The van der Waals surface area contributed by atoms with Crippen molar-refractivity contribution in [3.05, 3.63) is 24.0 Å². The van der Waals surface area contributed by atoms with Crippen molar-refractivity contribution in [1.82, 2.24) is 10.3 Å². The highest BCUT2D eigenvalue weighted by Gasteiger charge is 2.17. The monoisotopic (exact) mass is 261 g/mol. The second-order valence-corrected chi connectivity index (χ2v) is 5.11. The number of hydrogen-bond acceptors (Lipinski definition) is 3. The van der Waals surface area contributed by atoms with Gasteiger partial charge in [0.15, 0.2) is 0 Å². The minimum Gasteiger partial charge on any atom is -0.385 e. The molecule has 0 unspecified atom stereocenters. The van der Waals surface area contributed by atoms with Crippen LogP contribution < -0.4 is 10.6 Å². The van der Waals surface area contributed by atoms with Crippen LogP contribution in [0.3, 0.4) is 0 Å². The van der Waals surface area contributed by atoms with Gasteiger partial charge < -0.3 is 10.6 Å². The van der Waals surface area contributed by atoms with E-state index in [1.807, 2.05) is 13.0 Å². The Morgan fingerprint density at radius 3 is 2.74 bits per heavy atom. The zero-order valence-electron chi connectivity index (χ0n) is 11.6. The van der Waals surface area contributed by atoms with Crippen molar-refractivity contribution in [2.45, 2.75) is 51.5 Å². The molecule has 0 aliphatic heterocycles. The summed E-state index contributed by atoms with van der Waals surface area (Å²) < 4.78 is 0. The van der Waals surface area contributed by atoms with E-state index in [-0.39, 0.29) is 5.91 Å². The third-order valence-corrected chi connectivity index (χ3v) is 3.62. The van der Waals surface area contributed by atoms with Crippen molar-refractivity contribution in [3.63, 3.8) is 0 Å². The molecule has 2 N–H and O–H groups in total. The molecule has 1 aromatic rings. The Morgan fingerprint density at radius 2 is 2.05 bits per heavy atom. The number of nitrogens with zero attached hydrogens (tertiary/aromatic N) is 1. The molecule has 1 heterocycles. The van der Waals surface area contributed by atoms with Gasteiger partial charge in [-0.3, -0.25) is 9.78 Å². The lowest BCUT2D eigenvalue weighted by atomic mass is 10.1. The second kappa shape index (κ2) is 7.12. The summed E-state index contributed by atoms with van der Waals surface area (Å²) in [6.45, 7) is 2.82. The summed E-state index contributed by atoms with van der Waals surface area (Å²) in [5.74, 6) is -0.00375. The first kappa shape index (κ1) is 13.8. The van der Waals surface area contributed by atoms with Crippen LogP contribution in [0, 0.1) is 0 Å². The fourth-order valence-corrected chi connectivity index (χ4v) is 2.61. The molecule has 1 saturated carbocycles. The standard InChI is InChI=1S/C15H23N3O/c1-2-17-14-9-10-16-11-13(14)15(19)18-12-7-5-3-4-6-8-12/h9-12H,2-8H2,1H3,(H,16,17)(H,18,19). The van der Waals surface area contributed by atoms with Gasteiger partial charge in [0.1, 0.15) is 0 Å². The van der Waals surface area contributed by atoms with Gasteiger partial charge in [-0.1, -0.05) is 25.7 Å². The molecule has 2 rings (SSSR count). The van der Waals surface area contributed by atoms with Crippen LogP contribution in [0.4, 0.5) is 5.69 Å². The number of nitrogens with one attached hydrogen (secondary N) is 2. The van der Waals surface area contributed by atoms with Crippen molar-refractivity contribution >= 4 is 11.6 Å². The maximum atomic E-state index is 12.3. The van der Waals surface area contributed by atoms with E-state index in [1.165, 1.54) is 25.7 Å². The van der Waals surface area contributed by atoms with Gasteiger partial charge in [-0.05, 0) is 25.8 Å². The first-order valence-electron chi connectivity index (χ1n) is 7.30. The van der Waals surface area contributed by atoms with Gasteiger partial charge in [0.05, 0.1) is 11.3 Å². The number of aromatic nitrogens is 1. The number of amides is 1. The zero-order chi connectivity index (χ0) is 13.5. The largest absolute Gasteiger partial charge is 0.385 e. The smallest absolute Gasteiger partial charge is 0.255 e. The van der Waals surface area contributed by atoms with Crippen LogP contribution in [0.2, 0.25) is 0 Å². The van der Waals surface area contributed by atoms with E-state index in [9.17, 15) is 4.79 Å². The minimum absolute atomic E-state index is 0.00375. The molecule has 1 aliphatic carbocycles. The zero-order valence-corrected chi connectivity index (χ0v) is 11.6. The van der Waals surface area contributed by atoms with E-state index >= 15 is 0 Å². The molecular formula is C15H23N3O. The van der Waals surface area contributed by atoms with Gasteiger partial charge >= 0.3 is 0 Å². The van der Waals surface area contributed by atoms with E-state index in [2.05, 4.69) is 15.6 Å². The fraction of sp³-hybridized carbons (Fsp3) is 0.600. The number of carbonyl (C=O) groups excluding carboxylic acids is 1. The number of pyridine rings is 1. The molecule has 0 radical (unpaired) electrons. The lowest BCUT2D eigenvalue weighted by Gasteiger charge is -2.17. The summed E-state index contributed by atoms with van der Waals surface area (Å²) in [6, 6.07) is 2.18. The highest BCUT2D eigenvalue weighted by Crippen LogP contribution is 2.19. The van der Waals surface area contributed by atoms with E-state index in [4.69, 9.17) is 0 Å². The molecule has 0 bridgehead atoms. The Labute approximate surface area is 115 Å². The Morgan fingerprint density at radius 1 is 1.32 bits per heavy atom. The first-order valence-corrected chi connectivity index (χ1v) is 7.30. The average Bonchev–Trinajstić information content (AvgIpc) is 2.68. The van der Waals surface area contributed by atoms with Crippen molar-refractivity contribution in [2.24, 2.45) is 0 Å². The molecule has 0 aromatic carbocycles. The summed E-state index contributed by atoms with van der Waals surface area (Å²) in [4.78, 5) is 16.4. The van der Waals surface area contributed by atoms with Gasteiger partial charge in [0.25, 0.3) is 5.91 Å². The molecule has 104 valence electrons. The quantitative estimate of drug-likeness (QED) is 0.819. The van der Waals surface area contributed by atoms with Crippen molar-refractivity contribution in [3.8, 4) is 0 Å². The molecule has 4 heteroatoms. The molecular weight excluding hydrogens is 238 g/mol. The third kappa shape index (κ3) is 3.94. The van der Waals surface area contributed by atoms with Crippen molar-refractivity contribution in [2.75, 3.05) is 11.9 Å². The highest BCUT2D eigenvalue weighted by atomic mass is 16.1. The topological polar surface area (TPSA) is 54.0 Å². The summed E-state index contributed by atoms with van der Waals surface area (Å²) in [7, 11) is 0. The van der Waals surface area contributed by atoms with E-state index in [0.29, 0.717) is 11.6 Å². The summed E-state index contributed by atoms with van der Waals surface area (Å²) in [5.41, 5.74) is 1.51. The number of carbonyl (C=O) groups is 1. The maximum absolute atomic E-state index is 12.3. The summed E-state index contributed by atoms with van der Waals surface area (Å²) >= 11 is 0. The first-order chi connectivity index (χ1) is 9.31. The number of anilines is 1. The third-order valence-electron chi connectivity index (χ3n) is 3.62. The van der Waals surface area contributed by atoms with Crippen LogP contribution in [0.1, 0.15) is 55.8 Å². The fourth-order valence-electron chi connectivity index (χ4n) is 2.61. The summed E-state index contributed by atoms with van der Waals surface area (Å²) in [5, 5.41) is 6.36. The van der Waals surface area contributed by atoms with E-state index in [1.54, 1.807) is 12.4 Å². The Hall–Kier alpha value is -1.58. The molecule has 1 aliphatic rings. The molecule has 1 aromatic heterocycles. The minimum atomic E-state index is -0.00375. The molecule has 0 atom stereocenters. The SMILES string of the molecule is CCNc1ccncc1C(=O)NC1CCCCCC1. The highest BCUT2D eigenvalue weighted by molar-refractivity contribution is 5.99. The second-order valence-electron chi connectivity index (χ2n) is 5.11. The average molecular weight is 261 g/mol. The number of hydrogen-bond donors (Lipinski definition) is 2. The number of rotatable bonds is 4. The van der Waals surface area contributed by atoms with Gasteiger partial charge in [0, 0.05) is 25.0 Å². The molecule has 1 amide bonds. The van der Waals surface area contributed by atoms with Gasteiger partial charge in [-0.2, -0.15) is 0 Å². The van der Waals surface area contributed by atoms with Crippen molar-refractivity contribution < 1.29 is 4.79 Å². The van der Waals surface area contributed by atoms with Crippen molar-refractivity contribution in [1.29, 1.82) is 0 Å². The van der Waals surface area contributed by atoms with Gasteiger partial charge in [-0.25, -0.2) is 0 Å². The molecule has 0 saturated heterocycles. The van der Waals surface area contributed by atoms with E-state index < -0.39 is 0 Å². The summed E-state index contributed by atoms with van der Waals surface area (Å²) in [6.07, 6.45) is 10.6. The normalized spacial score (nSPS) is 16.7. The van der Waals surface area contributed by atoms with Crippen LogP contribution in [-0.2, 0) is 0 Å². The van der Waals surface area contributed by atoms with Crippen LogP contribution in [-0.4, -0.2) is 23.5 Å². The predicted octanol–water partition coefficient (Wildman–Crippen LogP) is 2.97. The predicted molar refractivity (Wildman–Crippen MR) is 77.4 cm³/mol. The lowest BCUT2D eigenvalue weighted by molar-refractivity contribution is 0.0934. The lowest BCUT2D eigenvalue weighted by Crippen LogP contribution is -2.34. The Balaban J connectivity index is 2.02. The Kier molecular flexibility index (Phi) is 5.19.